The summed E-state index contributed by atoms with van der Waals surface area (Å²) in [5.41, 5.74) is 7.93. The van der Waals surface area contributed by atoms with Crippen LogP contribution in [0.1, 0.15) is 31.2 Å². The molecule has 2 N–H and O–H groups in total. The lowest BCUT2D eigenvalue weighted by atomic mass is 9.95. The highest BCUT2D eigenvalue weighted by Crippen LogP contribution is 2.43. The van der Waals surface area contributed by atoms with Crippen LogP contribution in [0.4, 0.5) is 19.6 Å². The fourth-order valence-electron chi connectivity index (χ4n) is 7.99. The van der Waals surface area contributed by atoms with Gasteiger partial charge in [-0.3, -0.25) is 9.69 Å². The molecular formula is C35H37F2N7O3S. The smallest absolute Gasteiger partial charge is 0.319 e. The molecule has 3 saturated heterocycles. The van der Waals surface area contributed by atoms with Gasteiger partial charge in [0.25, 0.3) is 0 Å². The van der Waals surface area contributed by atoms with Crippen LogP contribution in [-0.4, -0.2) is 96.5 Å². The summed E-state index contributed by atoms with van der Waals surface area (Å²) in [6.07, 6.45) is 3.35. The van der Waals surface area contributed by atoms with E-state index in [9.17, 15) is 18.8 Å². The first-order valence-corrected chi connectivity index (χ1v) is 16.9. The highest BCUT2D eigenvalue weighted by molar-refractivity contribution is 7.23. The van der Waals surface area contributed by atoms with Crippen LogP contribution >= 0.6 is 11.3 Å². The molecule has 2 aromatic carbocycles. The molecule has 250 valence electrons. The Balaban J connectivity index is 1.33. The van der Waals surface area contributed by atoms with Crippen molar-refractivity contribution in [1.82, 2.24) is 19.8 Å². The Bertz CT molecular complexity index is 1960. The van der Waals surface area contributed by atoms with Gasteiger partial charge in [-0.2, -0.15) is 15.2 Å². The number of rotatable bonds is 9. The highest BCUT2D eigenvalue weighted by Gasteiger charge is 2.49. The van der Waals surface area contributed by atoms with Crippen LogP contribution in [-0.2, 0) is 9.53 Å². The number of thiophene rings is 1. The zero-order valence-electron chi connectivity index (χ0n) is 26.9. The molecule has 0 saturated carbocycles. The number of likely N-dealkylation sites (tertiary alicyclic amines) is 1. The number of likely N-dealkylation sites (N-methyl/N-ethyl adjacent to an activating group) is 1. The van der Waals surface area contributed by atoms with Gasteiger partial charge in [0.2, 0.25) is 5.91 Å². The molecule has 4 atom stereocenters. The molecule has 2 aromatic heterocycles. The number of aromatic nitrogens is 2. The van der Waals surface area contributed by atoms with Crippen molar-refractivity contribution in [2.24, 2.45) is 0 Å². The minimum absolute atomic E-state index is 0.130. The number of hydrogen-bond acceptors (Lipinski definition) is 10. The fraction of sp³-hybridized carbons (Fsp3) is 0.429. The number of nitrogens with zero attached hydrogens (tertiary/aromatic N) is 6. The van der Waals surface area contributed by atoms with Gasteiger partial charge in [0.05, 0.1) is 40.0 Å². The van der Waals surface area contributed by atoms with Crippen molar-refractivity contribution in [3.8, 4) is 23.2 Å². The molecule has 0 radical (unpaired) electrons. The van der Waals surface area contributed by atoms with Crippen LogP contribution in [0.2, 0.25) is 0 Å². The maximum atomic E-state index is 14.9. The summed E-state index contributed by atoms with van der Waals surface area (Å²) in [5.74, 6) is 0.00938. The van der Waals surface area contributed by atoms with Crippen LogP contribution in [0, 0.1) is 17.1 Å². The number of anilines is 2. The Morgan fingerprint density at radius 1 is 1.31 bits per heavy atom. The minimum Gasteiger partial charge on any atom is -0.461 e. The first kappa shape index (κ1) is 32.2. The first-order chi connectivity index (χ1) is 23.2. The number of amides is 1. The number of nitriles is 1. The predicted molar refractivity (Wildman–Crippen MR) is 182 cm³/mol. The Kier molecular flexibility index (Phi) is 8.43. The van der Waals surface area contributed by atoms with Gasteiger partial charge in [0.1, 0.15) is 35.5 Å². The molecule has 5 heterocycles. The number of ether oxygens (including phenoxy) is 2. The number of carbonyl (C=O) groups excluding carboxylic acids is 1. The Hall–Kier alpha value is -4.38. The third kappa shape index (κ3) is 5.32. The van der Waals surface area contributed by atoms with E-state index in [0.717, 1.165) is 41.7 Å². The second-order valence-corrected chi connectivity index (χ2v) is 14.0. The number of methoxy groups -OCH3 is 1. The van der Waals surface area contributed by atoms with E-state index in [1.165, 1.54) is 12.1 Å². The first-order valence-electron chi connectivity index (χ1n) is 16.1. The van der Waals surface area contributed by atoms with Crippen LogP contribution in [0.5, 0.6) is 6.01 Å². The van der Waals surface area contributed by atoms with Crippen LogP contribution in [0.15, 0.2) is 43.0 Å². The SMILES string of the molecule is C=CC(=O)N1CC[C@@H](N(C)c2nc(OC[C@@]34CCCN3C[C@H](F)C4)nc3cc(-c4ccc(F)c5sc(N)c(C#N)c45)ccc23)[C@H]1COC. The van der Waals surface area contributed by atoms with E-state index in [4.69, 9.17) is 25.2 Å². The van der Waals surface area contributed by atoms with E-state index in [0.29, 0.717) is 59.5 Å². The minimum atomic E-state index is -0.894. The lowest BCUT2D eigenvalue weighted by molar-refractivity contribution is -0.127. The van der Waals surface area contributed by atoms with E-state index in [1.807, 2.05) is 30.1 Å². The molecule has 0 spiro atoms. The molecule has 48 heavy (non-hydrogen) atoms. The van der Waals surface area contributed by atoms with Crippen LogP contribution < -0.4 is 15.4 Å². The van der Waals surface area contributed by atoms with Gasteiger partial charge in [0.15, 0.2) is 0 Å². The highest BCUT2D eigenvalue weighted by atomic mass is 32.1. The molecule has 0 aliphatic carbocycles. The molecule has 1 amide bonds. The van der Waals surface area contributed by atoms with E-state index < -0.39 is 17.5 Å². The second kappa shape index (κ2) is 12.6. The third-order valence-corrected chi connectivity index (χ3v) is 11.3. The average Bonchev–Trinajstić information content (AvgIpc) is 3.83. The molecule has 4 aromatic rings. The second-order valence-electron chi connectivity index (χ2n) is 12.9. The standard InChI is InChI=1S/C35H37F2N7O3S/c1-4-29(45)44-13-10-27(28(44)18-46-3)42(2)33-23-7-6-20(22-8-9-25(37)31-30(22)24(16-38)32(39)48-31)14-26(23)40-34(41-33)47-19-35-11-5-12-43(35)17-21(36)15-35/h4,6-9,14,21,27-28H,1,5,10-13,15,17-19,39H2,2-3H3/t21-,27-,28-,35+/m1/s1. The summed E-state index contributed by atoms with van der Waals surface area (Å²) in [5, 5.41) is 11.3. The summed E-state index contributed by atoms with van der Waals surface area (Å²) in [6.45, 7) is 6.06. The normalized spacial score (nSPS) is 23.9. The van der Waals surface area contributed by atoms with Gasteiger partial charge in [-0.15, -0.1) is 11.3 Å². The number of hydrogen-bond donors (Lipinski definition) is 1. The molecule has 3 aliphatic heterocycles. The number of nitrogens with two attached hydrogens (primary N) is 1. The van der Waals surface area contributed by atoms with Gasteiger partial charge in [-0.25, -0.2) is 8.78 Å². The number of carbonyl (C=O) groups is 1. The van der Waals surface area contributed by atoms with Gasteiger partial charge < -0.3 is 25.0 Å². The number of nitrogen functional groups attached to an aromatic ring is 1. The van der Waals surface area contributed by atoms with Crippen LogP contribution in [0.25, 0.3) is 32.1 Å². The summed E-state index contributed by atoms with van der Waals surface area (Å²) < 4.78 is 41.6. The van der Waals surface area contributed by atoms with E-state index in [1.54, 1.807) is 18.1 Å². The number of halogens is 2. The molecule has 3 fully saturated rings. The van der Waals surface area contributed by atoms with E-state index >= 15 is 0 Å². The summed E-state index contributed by atoms with van der Waals surface area (Å²) in [7, 11) is 3.55. The lowest BCUT2D eigenvalue weighted by Gasteiger charge is -2.34. The monoisotopic (exact) mass is 673 g/mol. The summed E-state index contributed by atoms with van der Waals surface area (Å²) in [4.78, 5) is 28.5. The quantitative estimate of drug-likeness (QED) is 0.236. The maximum absolute atomic E-state index is 14.9. The van der Waals surface area contributed by atoms with Crippen molar-refractivity contribution < 1.29 is 23.0 Å². The van der Waals surface area contributed by atoms with Crippen LogP contribution in [0.3, 0.4) is 0 Å². The zero-order valence-corrected chi connectivity index (χ0v) is 27.7. The topological polar surface area (TPSA) is 121 Å². The zero-order chi connectivity index (χ0) is 33.7. The Morgan fingerprint density at radius 3 is 2.92 bits per heavy atom. The maximum Gasteiger partial charge on any atom is 0.319 e. The van der Waals surface area contributed by atoms with Crippen molar-refractivity contribution in [2.45, 2.75) is 49.5 Å². The molecule has 7 rings (SSSR count). The largest absolute Gasteiger partial charge is 0.461 e. The molecule has 0 bridgehead atoms. The molecule has 3 aliphatic rings. The van der Waals surface area contributed by atoms with Crippen molar-refractivity contribution >= 4 is 49.1 Å². The third-order valence-electron chi connectivity index (χ3n) is 10.3. The van der Waals surface area contributed by atoms with Gasteiger partial charge in [-0.05, 0) is 61.2 Å². The van der Waals surface area contributed by atoms with Crippen molar-refractivity contribution in [3.05, 3.63) is 54.4 Å². The number of alkyl halides is 1. The number of benzene rings is 2. The fourth-order valence-corrected chi connectivity index (χ4v) is 8.94. The summed E-state index contributed by atoms with van der Waals surface area (Å²) in [6, 6.07) is 10.6. The van der Waals surface area contributed by atoms with E-state index in [2.05, 4.69) is 17.5 Å². The lowest BCUT2D eigenvalue weighted by Crippen LogP contribution is -2.48. The van der Waals surface area contributed by atoms with Crippen molar-refractivity contribution in [3.63, 3.8) is 0 Å². The Labute approximate surface area is 281 Å². The van der Waals surface area contributed by atoms with Crippen molar-refractivity contribution in [1.29, 1.82) is 5.26 Å². The van der Waals surface area contributed by atoms with Gasteiger partial charge in [0, 0.05) is 44.4 Å². The molecule has 10 nitrogen and oxygen atoms in total. The molecule has 0 unspecified atom stereocenters. The predicted octanol–water partition coefficient (Wildman–Crippen LogP) is 5.30. The summed E-state index contributed by atoms with van der Waals surface area (Å²) >= 11 is 1.05. The average molecular weight is 674 g/mol. The van der Waals surface area contributed by atoms with Gasteiger partial charge in [-0.1, -0.05) is 18.7 Å². The Morgan fingerprint density at radius 2 is 2.15 bits per heavy atom. The van der Waals surface area contributed by atoms with Crippen molar-refractivity contribution in [2.75, 3.05) is 57.6 Å². The molecule has 13 heteroatoms. The van der Waals surface area contributed by atoms with Gasteiger partial charge >= 0.3 is 6.01 Å². The van der Waals surface area contributed by atoms with E-state index in [-0.39, 0.29) is 41.2 Å². The number of fused-ring (bicyclic) bond motifs is 3. The molecular weight excluding hydrogens is 636 g/mol.